The minimum atomic E-state index is 0.0602. The lowest BCUT2D eigenvalue weighted by Crippen LogP contribution is -2.47. The van der Waals surface area contributed by atoms with Crippen LogP contribution in [-0.4, -0.2) is 12.1 Å². The molecule has 1 fully saturated rings. The highest BCUT2D eigenvalue weighted by Crippen LogP contribution is 2.37. The lowest BCUT2D eigenvalue weighted by atomic mass is 9.88. The summed E-state index contributed by atoms with van der Waals surface area (Å²) in [5.74, 6) is 0.622. The van der Waals surface area contributed by atoms with E-state index >= 15 is 0 Å². The lowest BCUT2D eigenvalue weighted by molar-refractivity contribution is 0.382. The van der Waals surface area contributed by atoms with E-state index in [-0.39, 0.29) is 5.54 Å². The van der Waals surface area contributed by atoms with E-state index < -0.39 is 0 Å². The molecule has 0 aliphatic heterocycles. The van der Waals surface area contributed by atoms with Crippen LogP contribution in [0.4, 0.5) is 5.69 Å². The van der Waals surface area contributed by atoms with Gasteiger partial charge in [-0.25, -0.2) is 0 Å². The Bertz CT molecular complexity index is 367. The Kier molecular flexibility index (Phi) is 3.41. The van der Waals surface area contributed by atoms with Gasteiger partial charge in [0.15, 0.2) is 0 Å². The molecule has 1 aromatic carbocycles. The van der Waals surface area contributed by atoms with Gasteiger partial charge in [-0.15, -0.1) is 0 Å². The summed E-state index contributed by atoms with van der Waals surface area (Å²) in [6, 6.07) is 7.87. The van der Waals surface area contributed by atoms with Crippen LogP contribution in [0.1, 0.15) is 26.2 Å². The second-order valence-corrected chi connectivity index (χ2v) is 5.23. The lowest BCUT2D eigenvalue weighted by Gasteiger charge is -2.34. The molecule has 3 heteroatoms. The normalized spacial score (nSPS) is 29.3. The third kappa shape index (κ3) is 2.18. The number of nitrogens with two attached hydrogens (primary N) is 1. The first-order valence-electron chi connectivity index (χ1n) is 5.90. The molecule has 0 heterocycles. The Morgan fingerprint density at radius 3 is 2.94 bits per heavy atom. The third-order valence-corrected chi connectivity index (χ3v) is 4.02. The molecule has 1 aliphatic rings. The van der Waals surface area contributed by atoms with Crippen LogP contribution in [0.15, 0.2) is 24.3 Å². The topological polar surface area (TPSA) is 38.0 Å². The van der Waals surface area contributed by atoms with Crippen LogP contribution < -0.4 is 11.1 Å². The van der Waals surface area contributed by atoms with Crippen LogP contribution in [0, 0.1) is 5.92 Å². The highest BCUT2D eigenvalue weighted by Gasteiger charge is 2.38. The van der Waals surface area contributed by atoms with Gasteiger partial charge in [-0.1, -0.05) is 31.0 Å². The zero-order valence-electron chi connectivity index (χ0n) is 9.67. The molecule has 0 saturated heterocycles. The SMILES string of the molecule is CC1CCCC1(CN)Nc1cccc(Cl)c1. The van der Waals surface area contributed by atoms with E-state index in [4.69, 9.17) is 17.3 Å². The van der Waals surface area contributed by atoms with Gasteiger partial charge in [0.25, 0.3) is 0 Å². The van der Waals surface area contributed by atoms with Crippen molar-refractivity contribution in [3.63, 3.8) is 0 Å². The largest absolute Gasteiger partial charge is 0.378 e. The molecule has 16 heavy (non-hydrogen) atoms. The smallest absolute Gasteiger partial charge is 0.0521 e. The van der Waals surface area contributed by atoms with Crippen molar-refractivity contribution >= 4 is 17.3 Å². The van der Waals surface area contributed by atoms with E-state index in [1.807, 2.05) is 24.3 Å². The first-order chi connectivity index (χ1) is 7.66. The summed E-state index contributed by atoms with van der Waals surface area (Å²) in [5, 5.41) is 4.35. The van der Waals surface area contributed by atoms with E-state index in [9.17, 15) is 0 Å². The maximum Gasteiger partial charge on any atom is 0.0521 e. The molecule has 0 bridgehead atoms. The molecule has 0 radical (unpaired) electrons. The van der Waals surface area contributed by atoms with Gasteiger partial charge >= 0.3 is 0 Å². The second kappa shape index (κ2) is 4.64. The molecule has 1 aromatic rings. The molecule has 1 saturated carbocycles. The van der Waals surface area contributed by atoms with Crippen LogP contribution >= 0.6 is 11.6 Å². The molecule has 0 spiro atoms. The minimum absolute atomic E-state index is 0.0602. The average Bonchev–Trinajstić information content (AvgIpc) is 2.61. The Balaban J connectivity index is 2.18. The molecule has 3 N–H and O–H groups in total. The van der Waals surface area contributed by atoms with Crippen molar-refractivity contribution in [1.29, 1.82) is 0 Å². The molecule has 2 nitrogen and oxygen atoms in total. The summed E-state index contributed by atoms with van der Waals surface area (Å²) >= 11 is 5.98. The van der Waals surface area contributed by atoms with E-state index in [0.717, 1.165) is 17.1 Å². The van der Waals surface area contributed by atoms with Gasteiger partial charge in [-0.2, -0.15) is 0 Å². The fourth-order valence-electron chi connectivity index (χ4n) is 2.64. The van der Waals surface area contributed by atoms with Gasteiger partial charge in [0, 0.05) is 17.3 Å². The maximum atomic E-state index is 5.98. The molecule has 2 unspecified atom stereocenters. The number of nitrogens with one attached hydrogen (secondary N) is 1. The summed E-state index contributed by atoms with van der Waals surface area (Å²) in [7, 11) is 0. The van der Waals surface area contributed by atoms with Crippen LogP contribution in [0.25, 0.3) is 0 Å². The van der Waals surface area contributed by atoms with Crippen molar-refractivity contribution in [2.45, 2.75) is 31.7 Å². The van der Waals surface area contributed by atoms with Crippen molar-refractivity contribution in [1.82, 2.24) is 0 Å². The molecular weight excluding hydrogens is 220 g/mol. The summed E-state index contributed by atoms with van der Waals surface area (Å²) in [6.45, 7) is 2.96. The van der Waals surface area contributed by atoms with Gasteiger partial charge in [-0.05, 0) is 37.0 Å². The Morgan fingerprint density at radius 1 is 1.56 bits per heavy atom. The fraction of sp³-hybridized carbons (Fsp3) is 0.538. The van der Waals surface area contributed by atoms with Crippen LogP contribution in [-0.2, 0) is 0 Å². The summed E-state index contributed by atoms with van der Waals surface area (Å²) in [6.07, 6.45) is 3.66. The molecule has 0 aromatic heterocycles. The standard InChI is InChI=1S/C13H19ClN2/c1-10-4-3-7-13(10,9-15)16-12-6-2-5-11(14)8-12/h2,5-6,8,10,16H,3-4,7,9,15H2,1H3. The van der Waals surface area contributed by atoms with Gasteiger partial charge in [0.2, 0.25) is 0 Å². The molecule has 88 valence electrons. The summed E-state index contributed by atoms with van der Waals surface area (Å²) in [5.41, 5.74) is 7.09. The molecule has 1 aliphatic carbocycles. The third-order valence-electron chi connectivity index (χ3n) is 3.79. The molecule has 0 amide bonds. The highest BCUT2D eigenvalue weighted by atomic mass is 35.5. The number of hydrogen-bond acceptors (Lipinski definition) is 2. The van der Waals surface area contributed by atoms with E-state index in [0.29, 0.717) is 12.5 Å². The van der Waals surface area contributed by atoms with Gasteiger partial charge in [0.05, 0.1) is 5.54 Å². The van der Waals surface area contributed by atoms with Crippen molar-refractivity contribution in [2.75, 3.05) is 11.9 Å². The number of anilines is 1. The number of halogens is 1. The van der Waals surface area contributed by atoms with Crippen molar-refractivity contribution in [3.8, 4) is 0 Å². The van der Waals surface area contributed by atoms with Crippen molar-refractivity contribution in [2.24, 2.45) is 11.7 Å². The molecule has 2 rings (SSSR count). The number of hydrogen-bond donors (Lipinski definition) is 2. The fourth-order valence-corrected chi connectivity index (χ4v) is 2.83. The highest BCUT2D eigenvalue weighted by molar-refractivity contribution is 6.30. The van der Waals surface area contributed by atoms with Crippen molar-refractivity contribution < 1.29 is 0 Å². The van der Waals surface area contributed by atoms with E-state index in [2.05, 4.69) is 12.2 Å². The average molecular weight is 239 g/mol. The predicted octanol–water partition coefficient (Wildman–Crippen LogP) is 3.27. The first-order valence-corrected chi connectivity index (χ1v) is 6.28. The zero-order valence-corrected chi connectivity index (χ0v) is 10.4. The van der Waals surface area contributed by atoms with Crippen LogP contribution in [0.2, 0.25) is 5.02 Å². The molecular formula is C13H19ClN2. The summed E-state index contributed by atoms with van der Waals surface area (Å²) < 4.78 is 0. The Morgan fingerprint density at radius 2 is 2.38 bits per heavy atom. The van der Waals surface area contributed by atoms with Crippen LogP contribution in [0.3, 0.4) is 0 Å². The number of rotatable bonds is 3. The zero-order chi connectivity index (χ0) is 11.6. The quantitative estimate of drug-likeness (QED) is 0.848. The van der Waals surface area contributed by atoms with E-state index in [1.54, 1.807) is 0 Å². The van der Waals surface area contributed by atoms with Gasteiger partial charge in [-0.3, -0.25) is 0 Å². The maximum absolute atomic E-state index is 5.98. The number of benzene rings is 1. The Labute approximate surface area is 102 Å². The van der Waals surface area contributed by atoms with E-state index in [1.165, 1.54) is 12.8 Å². The van der Waals surface area contributed by atoms with Gasteiger partial charge < -0.3 is 11.1 Å². The summed E-state index contributed by atoms with van der Waals surface area (Å²) in [4.78, 5) is 0. The van der Waals surface area contributed by atoms with Gasteiger partial charge in [0.1, 0.15) is 0 Å². The minimum Gasteiger partial charge on any atom is -0.378 e. The second-order valence-electron chi connectivity index (χ2n) is 4.79. The van der Waals surface area contributed by atoms with Crippen LogP contribution in [0.5, 0.6) is 0 Å². The monoisotopic (exact) mass is 238 g/mol. The first kappa shape index (κ1) is 11.7. The predicted molar refractivity (Wildman–Crippen MR) is 69.9 cm³/mol. The van der Waals surface area contributed by atoms with Crippen molar-refractivity contribution in [3.05, 3.63) is 29.3 Å². The molecule has 2 atom stereocenters. The Hall–Kier alpha value is -0.730.